The van der Waals surface area contributed by atoms with Crippen molar-refractivity contribution >= 4 is 5.91 Å². The fourth-order valence-corrected chi connectivity index (χ4v) is 2.32. The van der Waals surface area contributed by atoms with Gasteiger partial charge < -0.3 is 10.1 Å². The van der Waals surface area contributed by atoms with Crippen LogP contribution in [0.5, 0.6) is 5.75 Å². The molecule has 0 bridgehead atoms. The van der Waals surface area contributed by atoms with Crippen LogP contribution in [-0.4, -0.2) is 26.1 Å². The fourth-order valence-electron chi connectivity index (χ4n) is 2.32. The second-order valence-corrected chi connectivity index (χ2v) is 5.23. The van der Waals surface area contributed by atoms with E-state index in [0.29, 0.717) is 6.54 Å². The highest BCUT2D eigenvalue weighted by Gasteiger charge is 2.15. The molecular formula is C19H21FN2O2. The maximum Gasteiger partial charge on any atom is 0.234 e. The summed E-state index contributed by atoms with van der Waals surface area (Å²) in [6, 6.07) is 13.5. The normalized spacial score (nSPS) is 11.6. The fraction of sp³-hybridized carbons (Fsp3) is 0.211. The number of hydrogen-bond donors (Lipinski definition) is 2. The van der Waals surface area contributed by atoms with E-state index in [1.807, 2.05) is 24.3 Å². The van der Waals surface area contributed by atoms with Crippen LogP contribution in [0.1, 0.15) is 17.2 Å². The molecule has 1 amide bonds. The van der Waals surface area contributed by atoms with Gasteiger partial charge in [-0.05, 0) is 35.4 Å². The van der Waals surface area contributed by atoms with Crippen LogP contribution in [0, 0.1) is 5.82 Å². The topological polar surface area (TPSA) is 50.4 Å². The number of benzene rings is 2. The van der Waals surface area contributed by atoms with E-state index in [-0.39, 0.29) is 24.3 Å². The van der Waals surface area contributed by atoms with E-state index < -0.39 is 0 Å². The van der Waals surface area contributed by atoms with E-state index in [2.05, 4.69) is 17.2 Å². The second-order valence-electron chi connectivity index (χ2n) is 5.23. The van der Waals surface area contributed by atoms with Gasteiger partial charge in [0.25, 0.3) is 0 Å². The van der Waals surface area contributed by atoms with E-state index >= 15 is 0 Å². The van der Waals surface area contributed by atoms with Crippen LogP contribution >= 0.6 is 0 Å². The molecule has 1 atom stereocenters. The number of nitrogens with one attached hydrogen (secondary N) is 2. The van der Waals surface area contributed by atoms with Crippen molar-refractivity contribution in [3.63, 3.8) is 0 Å². The molecule has 2 aromatic carbocycles. The van der Waals surface area contributed by atoms with Crippen LogP contribution in [-0.2, 0) is 4.79 Å². The monoisotopic (exact) mass is 328 g/mol. The smallest absolute Gasteiger partial charge is 0.234 e. The van der Waals surface area contributed by atoms with Gasteiger partial charge in [-0.2, -0.15) is 0 Å². The van der Waals surface area contributed by atoms with Crippen LogP contribution in [0.2, 0.25) is 0 Å². The SMILES string of the molecule is C=CCNC(=O)CNC(c1ccc(F)cc1)c1ccc(OC)cc1. The molecule has 4 nitrogen and oxygen atoms in total. The van der Waals surface area contributed by atoms with E-state index in [9.17, 15) is 9.18 Å². The highest BCUT2D eigenvalue weighted by molar-refractivity contribution is 5.78. The molecule has 126 valence electrons. The molecule has 2 aromatic rings. The van der Waals surface area contributed by atoms with Gasteiger partial charge in [0.05, 0.1) is 19.7 Å². The van der Waals surface area contributed by atoms with Crippen LogP contribution in [0.4, 0.5) is 4.39 Å². The number of carbonyl (C=O) groups excluding carboxylic acids is 1. The third kappa shape index (κ3) is 4.93. The molecule has 0 aliphatic rings. The quantitative estimate of drug-likeness (QED) is 0.733. The van der Waals surface area contributed by atoms with Gasteiger partial charge in [-0.25, -0.2) is 4.39 Å². The van der Waals surface area contributed by atoms with E-state index in [1.54, 1.807) is 25.3 Å². The van der Waals surface area contributed by atoms with Crippen LogP contribution in [0.3, 0.4) is 0 Å². The summed E-state index contributed by atoms with van der Waals surface area (Å²) in [6.45, 7) is 4.13. The Morgan fingerprint density at radius 1 is 1.17 bits per heavy atom. The van der Waals surface area contributed by atoms with Crippen molar-refractivity contribution in [3.8, 4) is 5.75 Å². The predicted octanol–water partition coefficient (Wildman–Crippen LogP) is 2.82. The number of carbonyl (C=O) groups is 1. The summed E-state index contributed by atoms with van der Waals surface area (Å²) in [7, 11) is 1.61. The summed E-state index contributed by atoms with van der Waals surface area (Å²) >= 11 is 0. The van der Waals surface area contributed by atoms with Gasteiger partial charge in [-0.3, -0.25) is 10.1 Å². The lowest BCUT2D eigenvalue weighted by Crippen LogP contribution is -2.36. The summed E-state index contributed by atoms with van der Waals surface area (Å²) in [5.41, 5.74) is 1.83. The molecule has 0 radical (unpaired) electrons. The average molecular weight is 328 g/mol. The first-order chi connectivity index (χ1) is 11.6. The number of rotatable bonds is 8. The molecule has 24 heavy (non-hydrogen) atoms. The number of methoxy groups -OCH3 is 1. The molecule has 2 N–H and O–H groups in total. The molecule has 2 rings (SSSR count). The van der Waals surface area contributed by atoms with Crippen molar-refractivity contribution in [1.82, 2.24) is 10.6 Å². The molecule has 0 aliphatic heterocycles. The largest absolute Gasteiger partial charge is 0.497 e. The minimum absolute atomic E-state index is 0.129. The Balaban J connectivity index is 2.18. The lowest BCUT2D eigenvalue weighted by atomic mass is 9.98. The van der Waals surface area contributed by atoms with Crippen molar-refractivity contribution in [2.75, 3.05) is 20.2 Å². The molecule has 0 saturated heterocycles. The standard InChI is InChI=1S/C19H21FN2O2/c1-3-12-21-18(23)13-22-19(14-4-8-16(20)9-5-14)15-6-10-17(24-2)11-7-15/h3-11,19,22H,1,12-13H2,2H3,(H,21,23). The molecule has 5 heteroatoms. The molecule has 0 heterocycles. The van der Waals surface area contributed by atoms with Crippen LogP contribution in [0.15, 0.2) is 61.2 Å². The van der Waals surface area contributed by atoms with Crippen LogP contribution in [0.25, 0.3) is 0 Å². The molecular weight excluding hydrogens is 307 g/mol. The Morgan fingerprint density at radius 3 is 2.29 bits per heavy atom. The summed E-state index contributed by atoms with van der Waals surface area (Å²) < 4.78 is 18.4. The summed E-state index contributed by atoms with van der Waals surface area (Å²) in [4.78, 5) is 11.8. The van der Waals surface area contributed by atoms with E-state index in [1.165, 1.54) is 12.1 Å². The molecule has 1 unspecified atom stereocenters. The maximum absolute atomic E-state index is 13.2. The number of hydrogen-bond acceptors (Lipinski definition) is 3. The van der Waals surface area contributed by atoms with Crippen molar-refractivity contribution in [2.24, 2.45) is 0 Å². The maximum atomic E-state index is 13.2. The lowest BCUT2D eigenvalue weighted by Gasteiger charge is -2.20. The van der Waals surface area contributed by atoms with Gasteiger partial charge in [0.2, 0.25) is 5.91 Å². The van der Waals surface area contributed by atoms with E-state index in [0.717, 1.165) is 16.9 Å². The average Bonchev–Trinajstić information content (AvgIpc) is 2.62. The van der Waals surface area contributed by atoms with E-state index in [4.69, 9.17) is 4.74 Å². The number of halogens is 1. The van der Waals surface area contributed by atoms with Crippen molar-refractivity contribution in [2.45, 2.75) is 6.04 Å². The summed E-state index contributed by atoms with van der Waals surface area (Å²) in [6.07, 6.45) is 1.62. The molecule has 0 aliphatic carbocycles. The number of amides is 1. The lowest BCUT2D eigenvalue weighted by molar-refractivity contribution is -0.120. The first kappa shape index (κ1) is 17.7. The Kier molecular flexibility index (Phi) is 6.51. The third-order valence-corrected chi connectivity index (χ3v) is 3.56. The zero-order chi connectivity index (χ0) is 17.4. The van der Waals surface area contributed by atoms with Crippen LogP contribution < -0.4 is 15.4 Å². The number of ether oxygens (including phenoxy) is 1. The van der Waals surface area contributed by atoms with Gasteiger partial charge in [-0.15, -0.1) is 6.58 Å². The Morgan fingerprint density at radius 2 is 1.75 bits per heavy atom. The molecule has 0 saturated carbocycles. The summed E-state index contributed by atoms with van der Waals surface area (Å²) in [5, 5.41) is 5.93. The minimum Gasteiger partial charge on any atom is -0.497 e. The highest BCUT2D eigenvalue weighted by Crippen LogP contribution is 2.24. The summed E-state index contributed by atoms with van der Waals surface area (Å²) in [5.74, 6) is 0.326. The molecule has 0 fully saturated rings. The van der Waals surface area contributed by atoms with Crippen molar-refractivity contribution < 1.29 is 13.9 Å². The van der Waals surface area contributed by atoms with Gasteiger partial charge in [0.15, 0.2) is 0 Å². The third-order valence-electron chi connectivity index (χ3n) is 3.56. The highest BCUT2D eigenvalue weighted by atomic mass is 19.1. The Labute approximate surface area is 141 Å². The molecule has 0 spiro atoms. The Hall–Kier alpha value is -2.66. The Bertz CT molecular complexity index is 669. The first-order valence-electron chi connectivity index (χ1n) is 7.64. The zero-order valence-electron chi connectivity index (χ0n) is 13.6. The van der Waals surface area contributed by atoms with Gasteiger partial charge in [0.1, 0.15) is 11.6 Å². The minimum atomic E-state index is -0.295. The van der Waals surface area contributed by atoms with Gasteiger partial charge >= 0.3 is 0 Å². The van der Waals surface area contributed by atoms with Crippen molar-refractivity contribution in [3.05, 3.63) is 78.1 Å². The molecule has 0 aromatic heterocycles. The van der Waals surface area contributed by atoms with Gasteiger partial charge in [0, 0.05) is 6.54 Å². The predicted molar refractivity (Wildman–Crippen MR) is 92.4 cm³/mol. The first-order valence-corrected chi connectivity index (χ1v) is 7.64. The van der Waals surface area contributed by atoms with Gasteiger partial charge in [-0.1, -0.05) is 30.3 Å². The zero-order valence-corrected chi connectivity index (χ0v) is 13.6. The second kappa shape index (κ2) is 8.84. The van der Waals surface area contributed by atoms with Crippen molar-refractivity contribution in [1.29, 1.82) is 0 Å².